The van der Waals surface area contributed by atoms with Gasteiger partial charge in [-0.15, -0.1) is 0 Å². The third kappa shape index (κ3) is 2.38. The van der Waals surface area contributed by atoms with E-state index in [9.17, 15) is 9.59 Å². The third-order valence-electron chi connectivity index (χ3n) is 2.79. The highest BCUT2D eigenvalue weighted by Crippen LogP contribution is 2.08. The third-order valence-corrected chi connectivity index (χ3v) is 2.79. The molecule has 0 spiro atoms. The van der Waals surface area contributed by atoms with E-state index in [1.807, 2.05) is 20.8 Å². The van der Waals surface area contributed by atoms with Crippen LogP contribution in [0.5, 0.6) is 0 Å². The van der Waals surface area contributed by atoms with E-state index in [4.69, 9.17) is 0 Å². The van der Waals surface area contributed by atoms with Crippen LogP contribution in [0.2, 0.25) is 0 Å². The van der Waals surface area contributed by atoms with Crippen LogP contribution >= 0.6 is 0 Å². The minimum absolute atomic E-state index is 0.0437. The average Bonchev–Trinajstić information content (AvgIpc) is 2.66. The van der Waals surface area contributed by atoms with Gasteiger partial charge in [-0.1, -0.05) is 0 Å². The first-order chi connectivity index (χ1) is 8.93. The Balaban J connectivity index is 2.66. The van der Waals surface area contributed by atoms with Gasteiger partial charge in [-0.2, -0.15) is 4.52 Å². The van der Waals surface area contributed by atoms with Crippen LogP contribution in [0.3, 0.4) is 0 Å². The Kier molecular flexibility index (Phi) is 3.42. The van der Waals surface area contributed by atoms with Crippen molar-refractivity contribution in [1.29, 1.82) is 0 Å². The van der Waals surface area contributed by atoms with Gasteiger partial charge in [0.25, 0.3) is 11.5 Å². The Hall–Kier alpha value is -2.11. The van der Waals surface area contributed by atoms with Crippen LogP contribution in [0.15, 0.2) is 16.9 Å². The van der Waals surface area contributed by atoms with Gasteiger partial charge in [0.05, 0.1) is 0 Å². The minimum atomic E-state index is -0.195. The number of hydrogen-bond donors (Lipinski definition) is 1. The second-order valence-corrected chi connectivity index (χ2v) is 4.78. The van der Waals surface area contributed by atoms with Gasteiger partial charge in [-0.25, -0.2) is 4.98 Å². The number of aromatic nitrogens is 3. The second-order valence-electron chi connectivity index (χ2n) is 4.78. The SMILES string of the molecule is CCn1c(C(=O)NC(C)C)cc2nc(C)cc(=O)n21. The molecule has 0 atom stereocenters. The number of rotatable bonds is 3. The Bertz CT molecular complexity index is 682. The molecule has 2 aromatic rings. The largest absolute Gasteiger partial charge is 0.349 e. The number of fused-ring (bicyclic) bond motifs is 1. The molecule has 102 valence electrons. The Morgan fingerprint density at radius 2 is 2.11 bits per heavy atom. The summed E-state index contributed by atoms with van der Waals surface area (Å²) in [5.74, 6) is -0.195. The Morgan fingerprint density at radius 3 is 2.68 bits per heavy atom. The number of carbonyl (C=O) groups is 1. The van der Waals surface area contributed by atoms with Crippen molar-refractivity contribution in [1.82, 2.24) is 19.5 Å². The lowest BCUT2D eigenvalue weighted by Crippen LogP contribution is -2.33. The van der Waals surface area contributed by atoms with E-state index in [1.54, 1.807) is 17.7 Å². The van der Waals surface area contributed by atoms with Crippen molar-refractivity contribution in [3.63, 3.8) is 0 Å². The molecule has 1 N–H and O–H groups in total. The van der Waals surface area contributed by atoms with Gasteiger partial charge in [-0.3, -0.25) is 14.3 Å². The number of carbonyl (C=O) groups excluding carboxylic acids is 1. The van der Waals surface area contributed by atoms with E-state index in [0.717, 1.165) is 0 Å². The lowest BCUT2D eigenvalue weighted by molar-refractivity contribution is 0.0931. The highest BCUT2D eigenvalue weighted by molar-refractivity contribution is 5.93. The molecule has 0 saturated heterocycles. The maximum atomic E-state index is 12.1. The molecule has 19 heavy (non-hydrogen) atoms. The molecule has 0 aromatic carbocycles. The molecule has 0 bridgehead atoms. The molecule has 6 nitrogen and oxygen atoms in total. The standard InChI is InChI=1S/C13H18N4O2/c1-5-16-10(13(19)14-8(2)3)7-11-15-9(4)6-12(18)17(11)16/h6-8H,5H2,1-4H3,(H,14,19). The lowest BCUT2D eigenvalue weighted by Gasteiger charge is -2.10. The monoisotopic (exact) mass is 262 g/mol. The number of hydrogen-bond acceptors (Lipinski definition) is 3. The molecule has 2 rings (SSSR count). The molecule has 2 aromatic heterocycles. The van der Waals surface area contributed by atoms with Crippen molar-refractivity contribution in [3.8, 4) is 0 Å². The number of nitrogens with one attached hydrogen (secondary N) is 1. The first kappa shape index (κ1) is 13.3. The predicted octanol–water partition coefficient (Wildman–Crippen LogP) is 0.963. The van der Waals surface area contributed by atoms with Crippen LogP contribution in [-0.2, 0) is 6.54 Å². The topological polar surface area (TPSA) is 68.4 Å². The molecule has 0 unspecified atom stereocenters. The Morgan fingerprint density at radius 1 is 1.42 bits per heavy atom. The fourth-order valence-corrected chi connectivity index (χ4v) is 2.08. The van der Waals surface area contributed by atoms with Crippen LogP contribution < -0.4 is 10.9 Å². The van der Waals surface area contributed by atoms with Gasteiger partial charge in [0.1, 0.15) is 5.69 Å². The fourth-order valence-electron chi connectivity index (χ4n) is 2.08. The smallest absolute Gasteiger partial charge is 0.273 e. The molecule has 0 aliphatic heterocycles. The van der Waals surface area contributed by atoms with Crippen molar-refractivity contribution in [2.24, 2.45) is 0 Å². The van der Waals surface area contributed by atoms with E-state index < -0.39 is 0 Å². The van der Waals surface area contributed by atoms with Gasteiger partial charge >= 0.3 is 0 Å². The van der Waals surface area contributed by atoms with E-state index in [1.165, 1.54) is 10.6 Å². The number of amides is 1. The van der Waals surface area contributed by atoms with Crippen molar-refractivity contribution >= 4 is 11.6 Å². The summed E-state index contributed by atoms with van der Waals surface area (Å²) >= 11 is 0. The predicted molar refractivity (Wildman–Crippen MR) is 72.5 cm³/mol. The van der Waals surface area contributed by atoms with Crippen molar-refractivity contribution in [2.75, 3.05) is 0 Å². The fraction of sp³-hybridized carbons (Fsp3) is 0.462. The summed E-state index contributed by atoms with van der Waals surface area (Å²) in [4.78, 5) is 28.4. The quantitative estimate of drug-likeness (QED) is 0.896. The van der Waals surface area contributed by atoms with Crippen molar-refractivity contribution in [3.05, 3.63) is 33.9 Å². The van der Waals surface area contributed by atoms with Crippen LogP contribution in [-0.4, -0.2) is 26.1 Å². The van der Waals surface area contributed by atoms with Gasteiger partial charge in [0.2, 0.25) is 0 Å². The zero-order valence-electron chi connectivity index (χ0n) is 11.6. The maximum Gasteiger partial charge on any atom is 0.273 e. The Labute approximate surface area is 111 Å². The highest BCUT2D eigenvalue weighted by Gasteiger charge is 2.17. The maximum absolute atomic E-state index is 12.1. The van der Waals surface area contributed by atoms with Crippen molar-refractivity contribution < 1.29 is 4.79 Å². The van der Waals surface area contributed by atoms with E-state index >= 15 is 0 Å². The summed E-state index contributed by atoms with van der Waals surface area (Å²) in [5.41, 5.74) is 1.43. The van der Waals surface area contributed by atoms with Crippen LogP contribution in [0, 0.1) is 6.92 Å². The minimum Gasteiger partial charge on any atom is -0.349 e. The summed E-state index contributed by atoms with van der Waals surface area (Å²) in [6.45, 7) is 7.96. The molecule has 6 heteroatoms. The van der Waals surface area contributed by atoms with Crippen LogP contribution in [0.4, 0.5) is 0 Å². The molecular formula is C13H18N4O2. The zero-order chi connectivity index (χ0) is 14.2. The summed E-state index contributed by atoms with van der Waals surface area (Å²) in [6.07, 6.45) is 0. The second kappa shape index (κ2) is 4.87. The molecule has 0 fully saturated rings. The summed E-state index contributed by atoms with van der Waals surface area (Å²) in [7, 11) is 0. The first-order valence-electron chi connectivity index (χ1n) is 6.35. The van der Waals surface area contributed by atoms with Crippen molar-refractivity contribution in [2.45, 2.75) is 40.3 Å². The molecule has 0 aliphatic carbocycles. The summed E-state index contributed by atoms with van der Waals surface area (Å²) < 4.78 is 3.07. The van der Waals surface area contributed by atoms with Gasteiger partial charge in [-0.05, 0) is 27.7 Å². The lowest BCUT2D eigenvalue weighted by atomic mass is 10.3. The molecule has 0 radical (unpaired) electrons. The molecule has 2 heterocycles. The average molecular weight is 262 g/mol. The number of nitrogens with zero attached hydrogens (tertiary/aromatic N) is 3. The van der Waals surface area contributed by atoms with E-state index in [2.05, 4.69) is 10.3 Å². The van der Waals surface area contributed by atoms with Gasteiger partial charge in [0.15, 0.2) is 5.65 Å². The van der Waals surface area contributed by atoms with Crippen LogP contribution in [0.1, 0.15) is 37.0 Å². The normalized spacial score (nSPS) is 11.2. The van der Waals surface area contributed by atoms with Gasteiger partial charge in [0, 0.05) is 30.4 Å². The molecular weight excluding hydrogens is 244 g/mol. The first-order valence-corrected chi connectivity index (χ1v) is 6.35. The van der Waals surface area contributed by atoms with E-state index in [-0.39, 0.29) is 17.5 Å². The zero-order valence-corrected chi connectivity index (χ0v) is 11.6. The molecule has 0 aliphatic rings. The molecule has 1 amide bonds. The van der Waals surface area contributed by atoms with Gasteiger partial charge < -0.3 is 5.32 Å². The summed E-state index contributed by atoms with van der Waals surface area (Å²) in [6, 6.07) is 3.15. The summed E-state index contributed by atoms with van der Waals surface area (Å²) in [5, 5.41) is 2.83. The highest BCUT2D eigenvalue weighted by atomic mass is 16.2. The molecule has 0 saturated carbocycles. The van der Waals surface area contributed by atoms with Crippen LogP contribution in [0.25, 0.3) is 5.65 Å². The number of aryl methyl sites for hydroxylation is 2. The van der Waals surface area contributed by atoms with E-state index in [0.29, 0.717) is 23.6 Å².